The number of nitrogens with zero attached hydrogens (tertiary/aromatic N) is 1. The van der Waals surface area contributed by atoms with Crippen molar-refractivity contribution in [2.24, 2.45) is 5.92 Å². The molecule has 1 aromatic heterocycles. The largest absolute Gasteiger partial charge is 0.463 e. The minimum Gasteiger partial charge on any atom is -0.463 e. The van der Waals surface area contributed by atoms with Gasteiger partial charge in [0, 0.05) is 40.9 Å². The number of carbonyl (C=O) groups is 2. The molecule has 1 amide bonds. The Bertz CT molecular complexity index is 1630. The van der Waals surface area contributed by atoms with Gasteiger partial charge in [-0.15, -0.1) is 11.3 Å². The van der Waals surface area contributed by atoms with Gasteiger partial charge in [0.05, 0.1) is 20.9 Å². The van der Waals surface area contributed by atoms with Crippen LogP contribution in [0.4, 0.5) is 14.9 Å². The fourth-order valence-corrected chi connectivity index (χ4v) is 8.58. The molecule has 12 heteroatoms. The number of sulfonamides is 1. The van der Waals surface area contributed by atoms with Crippen molar-refractivity contribution in [3.05, 3.63) is 65.0 Å². The summed E-state index contributed by atoms with van der Waals surface area (Å²) in [6, 6.07) is 10.7. The number of halogens is 1. The fraction of sp³-hybridized carbons (Fsp3) is 0.514. The number of benzene rings is 2. The quantitative estimate of drug-likeness (QED) is 0.136. The van der Waals surface area contributed by atoms with E-state index in [9.17, 15) is 22.4 Å². The van der Waals surface area contributed by atoms with Crippen LogP contribution in [-0.2, 0) is 30.9 Å². The molecule has 1 heterocycles. The van der Waals surface area contributed by atoms with Crippen LogP contribution < -0.4 is 10.0 Å². The maximum atomic E-state index is 13.9. The van der Waals surface area contributed by atoms with Gasteiger partial charge in [-0.2, -0.15) is 0 Å². The number of aromatic nitrogens is 1. The Morgan fingerprint density at radius 1 is 1.06 bits per heavy atom. The third-order valence-electron chi connectivity index (χ3n) is 7.87. The molecule has 0 spiro atoms. The van der Waals surface area contributed by atoms with E-state index in [1.54, 1.807) is 51.2 Å². The van der Waals surface area contributed by atoms with Gasteiger partial charge in [-0.3, -0.25) is 10.1 Å². The molecular weight excluding hydrogens is 642 g/mol. The van der Waals surface area contributed by atoms with Crippen LogP contribution in [0.3, 0.4) is 0 Å². The first-order valence-corrected chi connectivity index (χ1v) is 18.5. The summed E-state index contributed by atoms with van der Waals surface area (Å²) in [5, 5.41) is 3.55. The van der Waals surface area contributed by atoms with E-state index in [1.807, 2.05) is 13.8 Å². The molecule has 2 N–H and O–H groups in total. The summed E-state index contributed by atoms with van der Waals surface area (Å²) in [7, 11) is -4.00. The van der Waals surface area contributed by atoms with Gasteiger partial charge >= 0.3 is 12.1 Å². The van der Waals surface area contributed by atoms with Gasteiger partial charge < -0.3 is 9.47 Å². The van der Waals surface area contributed by atoms with E-state index >= 15 is 0 Å². The molecule has 0 saturated heterocycles. The smallest absolute Gasteiger partial charge is 0.411 e. The molecule has 256 valence electrons. The Kier molecular flexibility index (Phi) is 12.5. The normalized spacial score (nSPS) is 17.0. The van der Waals surface area contributed by atoms with Crippen LogP contribution in [0.5, 0.6) is 0 Å². The summed E-state index contributed by atoms with van der Waals surface area (Å²) in [6.07, 6.45) is 8.46. The van der Waals surface area contributed by atoms with Gasteiger partial charge in [-0.25, -0.2) is 27.3 Å². The predicted octanol–water partition coefficient (Wildman–Crippen LogP) is 8.56. The lowest BCUT2D eigenvalue weighted by Gasteiger charge is -2.27. The molecule has 0 atom stereocenters. The van der Waals surface area contributed by atoms with Crippen LogP contribution in [-0.4, -0.2) is 37.1 Å². The minimum absolute atomic E-state index is 0.00973. The minimum atomic E-state index is -4.00. The van der Waals surface area contributed by atoms with Crippen LogP contribution in [0, 0.1) is 11.7 Å². The average Bonchev–Trinajstić information content (AvgIpc) is 3.48. The van der Waals surface area contributed by atoms with E-state index in [-0.39, 0.29) is 34.8 Å². The van der Waals surface area contributed by atoms with Crippen LogP contribution in [0.15, 0.2) is 53.6 Å². The molecule has 47 heavy (non-hydrogen) atoms. The number of amides is 1. The van der Waals surface area contributed by atoms with Crippen molar-refractivity contribution < 1.29 is 31.9 Å². The molecule has 9 nitrogen and oxygen atoms in total. The Balaban J connectivity index is 1.42. The highest BCUT2D eigenvalue weighted by molar-refractivity contribution is 7.89. The summed E-state index contributed by atoms with van der Waals surface area (Å²) in [6.45, 7) is 8.73. The van der Waals surface area contributed by atoms with Gasteiger partial charge in [0.1, 0.15) is 12.4 Å². The fourth-order valence-electron chi connectivity index (χ4n) is 5.72. The second-order valence-corrected chi connectivity index (χ2v) is 16.1. The van der Waals surface area contributed by atoms with Crippen molar-refractivity contribution in [2.45, 2.75) is 115 Å². The highest BCUT2D eigenvalue weighted by Crippen LogP contribution is 2.42. The number of esters is 1. The highest BCUT2D eigenvalue weighted by Gasteiger charge is 2.28. The van der Waals surface area contributed by atoms with Gasteiger partial charge in [0.2, 0.25) is 10.0 Å². The molecular formula is C35H46FN3O6S2. The van der Waals surface area contributed by atoms with Gasteiger partial charge in [0.15, 0.2) is 0 Å². The molecule has 0 radical (unpaired) electrons. The standard InChI is InChI=1S/C35H46FN3O6S2/c1-23(2)45-32(40)13-9-6-10-24-14-16-25(17-15-24)33-37-21-30(46-33)28-19-18-27(20-31(28)47(42,43)39-35(3,4)5)38-34(41)44-22-26-11-7-8-12-29(26)36/h7-8,11-12,18-21,23-25,39H,6,9-10,13-17,22H2,1-5H3,(H,38,41). The third kappa shape index (κ3) is 11.1. The number of carbonyl (C=O) groups excluding carboxylic acids is 2. The monoisotopic (exact) mass is 687 g/mol. The lowest BCUT2D eigenvalue weighted by molar-refractivity contribution is -0.147. The number of hydrogen-bond acceptors (Lipinski definition) is 8. The molecule has 0 aliphatic heterocycles. The van der Waals surface area contributed by atoms with E-state index in [2.05, 4.69) is 10.0 Å². The second-order valence-electron chi connectivity index (χ2n) is 13.4. The van der Waals surface area contributed by atoms with Gasteiger partial charge in [0.25, 0.3) is 0 Å². The Hall–Kier alpha value is -3.35. The van der Waals surface area contributed by atoms with E-state index < -0.39 is 27.5 Å². The van der Waals surface area contributed by atoms with Crippen LogP contribution in [0.2, 0.25) is 0 Å². The molecule has 1 saturated carbocycles. The lowest BCUT2D eigenvalue weighted by atomic mass is 9.80. The van der Waals surface area contributed by atoms with Crippen molar-refractivity contribution in [3.63, 3.8) is 0 Å². The molecule has 1 fully saturated rings. The van der Waals surface area contributed by atoms with Crippen LogP contribution >= 0.6 is 11.3 Å². The number of hydrogen-bond donors (Lipinski definition) is 2. The maximum Gasteiger partial charge on any atom is 0.411 e. The summed E-state index contributed by atoms with van der Waals surface area (Å²) in [5.74, 6) is 0.328. The third-order valence-corrected chi connectivity index (χ3v) is 10.9. The van der Waals surface area contributed by atoms with Crippen molar-refractivity contribution in [3.8, 4) is 10.4 Å². The number of unbranched alkanes of at least 4 members (excludes halogenated alkanes) is 1. The average molecular weight is 688 g/mol. The molecule has 0 unspecified atom stereocenters. The molecule has 4 rings (SSSR count). The molecule has 2 aromatic carbocycles. The summed E-state index contributed by atoms with van der Waals surface area (Å²) in [4.78, 5) is 29.8. The predicted molar refractivity (Wildman–Crippen MR) is 182 cm³/mol. The topological polar surface area (TPSA) is 124 Å². The van der Waals surface area contributed by atoms with Crippen molar-refractivity contribution in [2.75, 3.05) is 5.32 Å². The zero-order valence-corrected chi connectivity index (χ0v) is 29.4. The first-order valence-electron chi connectivity index (χ1n) is 16.2. The molecule has 1 aliphatic rings. The first kappa shape index (κ1) is 36.5. The number of ether oxygens (including phenoxy) is 2. The van der Waals surface area contributed by atoms with E-state index in [1.165, 1.54) is 29.5 Å². The van der Waals surface area contributed by atoms with Crippen LogP contribution in [0.1, 0.15) is 102 Å². The van der Waals surface area contributed by atoms with E-state index in [4.69, 9.17) is 14.5 Å². The van der Waals surface area contributed by atoms with Gasteiger partial charge in [-0.1, -0.05) is 37.1 Å². The number of nitrogens with one attached hydrogen (secondary N) is 2. The first-order chi connectivity index (χ1) is 22.2. The van der Waals surface area contributed by atoms with Crippen molar-refractivity contribution >= 4 is 39.1 Å². The van der Waals surface area contributed by atoms with E-state index in [0.717, 1.165) is 54.8 Å². The highest BCUT2D eigenvalue weighted by atomic mass is 32.2. The summed E-state index contributed by atoms with van der Waals surface area (Å²) in [5.41, 5.74) is 0.195. The zero-order chi connectivity index (χ0) is 34.2. The maximum absolute atomic E-state index is 13.9. The summed E-state index contributed by atoms with van der Waals surface area (Å²) < 4.78 is 54.3. The molecule has 0 bridgehead atoms. The number of thiazole rings is 1. The van der Waals surface area contributed by atoms with Crippen molar-refractivity contribution in [1.82, 2.24) is 9.71 Å². The number of rotatable bonds is 13. The van der Waals surface area contributed by atoms with Crippen molar-refractivity contribution in [1.29, 1.82) is 0 Å². The molecule has 1 aliphatic carbocycles. The number of anilines is 1. The second kappa shape index (κ2) is 16.2. The SMILES string of the molecule is CC(C)OC(=O)CCCCC1CCC(c2ncc(-c3ccc(NC(=O)OCc4ccccc4F)cc3S(=O)(=O)NC(C)(C)C)s2)CC1. The van der Waals surface area contributed by atoms with Gasteiger partial charge in [-0.05, 0) is 90.8 Å². The zero-order valence-electron chi connectivity index (χ0n) is 27.8. The summed E-state index contributed by atoms with van der Waals surface area (Å²) >= 11 is 1.50. The lowest BCUT2D eigenvalue weighted by Crippen LogP contribution is -2.40. The molecule has 3 aromatic rings. The van der Waals surface area contributed by atoms with Crippen LogP contribution in [0.25, 0.3) is 10.4 Å². The Morgan fingerprint density at radius 3 is 2.47 bits per heavy atom. The van der Waals surface area contributed by atoms with E-state index in [0.29, 0.717) is 23.8 Å². The Morgan fingerprint density at radius 2 is 1.79 bits per heavy atom. The Labute approximate surface area is 281 Å².